The van der Waals surface area contributed by atoms with Crippen LogP contribution < -0.4 is 10.2 Å². The van der Waals surface area contributed by atoms with Gasteiger partial charge in [0, 0.05) is 37.5 Å². The summed E-state index contributed by atoms with van der Waals surface area (Å²) in [6.07, 6.45) is 1.37. The van der Waals surface area contributed by atoms with E-state index < -0.39 is 16.1 Å². The number of hydrogen-bond donors (Lipinski definition) is 1. The fourth-order valence-corrected chi connectivity index (χ4v) is 4.98. The Labute approximate surface area is 175 Å². The van der Waals surface area contributed by atoms with Crippen molar-refractivity contribution in [2.45, 2.75) is 30.7 Å². The van der Waals surface area contributed by atoms with E-state index in [1.54, 1.807) is 54.4 Å². The average molecular weight is 426 g/mol. The highest BCUT2D eigenvalue weighted by Crippen LogP contribution is 2.31. The van der Waals surface area contributed by atoms with Gasteiger partial charge in [0.2, 0.25) is 11.8 Å². The zero-order valence-corrected chi connectivity index (χ0v) is 17.5. The van der Waals surface area contributed by atoms with Crippen LogP contribution in [0, 0.1) is 0 Å². The Balaban J connectivity index is 1.53. The third-order valence-corrected chi connectivity index (χ3v) is 6.76. The van der Waals surface area contributed by atoms with Crippen molar-refractivity contribution >= 4 is 39.0 Å². The zero-order valence-electron chi connectivity index (χ0n) is 16.7. The quantitative estimate of drug-likeness (QED) is 0.811. The molecule has 1 atom stereocenters. The summed E-state index contributed by atoms with van der Waals surface area (Å²) in [4.78, 5) is 27.9. The molecule has 2 heterocycles. The summed E-state index contributed by atoms with van der Waals surface area (Å²) in [6, 6.07) is 13.2. The molecule has 8 nitrogen and oxygen atoms in total. The van der Waals surface area contributed by atoms with E-state index in [4.69, 9.17) is 0 Å². The molecule has 0 aromatic heterocycles. The normalized spacial score (nSPS) is 19.2. The Morgan fingerprint density at radius 1 is 1.13 bits per heavy atom. The summed E-state index contributed by atoms with van der Waals surface area (Å²) >= 11 is 0. The summed E-state index contributed by atoms with van der Waals surface area (Å²) < 4.78 is 28.7. The molecular formula is C21H22N4O4S. The molecule has 0 bridgehead atoms. The van der Waals surface area contributed by atoms with E-state index >= 15 is 0 Å². The molecule has 30 heavy (non-hydrogen) atoms. The van der Waals surface area contributed by atoms with Crippen molar-refractivity contribution in [3.63, 3.8) is 0 Å². The predicted octanol–water partition coefficient (Wildman–Crippen LogP) is 2.22. The number of carbonyl (C=O) groups excluding carboxylic acids is 2. The van der Waals surface area contributed by atoms with Gasteiger partial charge in [-0.2, -0.15) is 8.42 Å². The third-order valence-electron chi connectivity index (χ3n) is 5.43. The van der Waals surface area contributed by atoms with Gasteiger partial charge in [-0.1, -0.05) is 12.1 Å². The first-order chi connectivity index (χ1) is 14.3. The highest BCUT2D eigenvalue weighted by atomic mass is 32.2. The fourth-order valence-electron chi connectivity index (χ4n) is 3.76. The number of nitrogens with one attached hydrogen (secondary N) is 1. The Morgan fingerprint density at radius 3 is 2.53 bits per heavy atom. The van der Waals surface area contributed by atoms with Gasteiger partial charge in [0.25, 0.3) is 10.0 Å². The molecule has 0 unspecified atom stereocenters. The van der Waals surface area contributed by atoms with Crippen molar-refractivity contribution in [1.82, 2.24) is 4.90 Å². The molecule has 2 aliphatic rings. The van der Waals surface area contributed by atoms with E-state index in [1.807, 2.05) is 0 Å². The lowest BCUT2D eigenvalue weighted by Crippen LogP contribution is -2.43. The van der Waals surface area contributed by atoms with Crippen LogP contribution in [0.25, 0.3) is 0 Å². The first-order valence-electron chi connectivity index (χ1n) is 9.64. The largest absolute Gasteiger partial charge is 0.343 e. The van der Waals surface area contributed by atoms with E-state index in [0.717, 1.165) is 12.1 Å². The Kier molecular flexibility index (Phi) is 5.07. The SMILES string of the molecule is CC(=O)N(C)c1ccc(NC(=O)[C@@H]2CCCN2C2=NS(=O)(=O)c3ccccc32)cc1. The molecule has 9 heteroatoms. The predicted molar refractivity (Wildman–Crippen MR) is 114 cm³/mol. The Bertz CT molecular complexity index is 1140. The summed E-state index contributed by atoms with van der Waals surface area (Å²) in [6.45, 7) is 2.04. The highest BCUT2D eigenvalue weighted by molar-refractivity contribution is 7.90. The summed E-state index contributed by atoms with van der Waals surface area (Å²) in [5, 5.41) is 2.89. The summed E-state index contributed by atoms with van der Waals surface area (Å²) in [7, 11) is -2.06. The smallest absolute Gasteiger partial charge is 0.285 e. The van der Waals surface area contributed by atoms with Gasteiger partial charge in [0.1, 0.15) is 10.9 Å². The number of anilines is 2. The molecule has 0 radical (unpaired) electrons. The molecule has 0 aliphatic carbocycles. The number of amides is 2. The number of hydrogen-bond acceptors (Lipinski definition) is 5. The molecule has 1 N–H and O–H groups in total. The van der Waals surface area contributed by atoms with E-state index in [0.29, 0.717) is 30.1 Å². The van der Waals surface area contributed by atoms with Crippen molar-refractivity contribution in [1.29, 1.82) is 0 Å². The maximum Gasteiger partial charge on any atom is 0.285 e. The zero-order chi connectivity index (χ0) is 21.5. The second kappa shape index (κ2) is 7.56. The molecule has 1 fully saturated rings. The molecule has 2 aliphatic heterocycles. The summed E-state index contributed by atoms with van der Waals surface area (Å²) in [5.74, 6) is 0.0345. The first-order valence-corrected chi connectivity index (χ1v) is 11.1. The van der Waals surface area contributed by atoms with E-state index in [-0.39, 0.29) is 16.7 Å². The van der Waals surface area contributed by atoms with Crippen LogP contribution in [0.5, 0.6) is 0 Å². The molecular weight excluding hydrogens is 404 g/mol. The lowest BCUT2D eigenvalue weighted by molar-refractivity contribution is -0.119. The summed E-state index contributed by atoms with van der Waals surface area (Å²) in [5.41, 5.74) is 1.87. The van der Waals surface area contributed by atoms with Crippen molar-refractivity contribution in [3.05, 3.63) is 54.1 Å². The number of fused-ring (bicyclic) bond motifs is 1. The minimum absolute atomic E-state index is 0.0824. The molecule has 4 rings (SSSR count). The van der Waals surface area contributed by atoms with E-state index in [1.165, 1.54) is 17.9 Å². The minimum atomic E-state index is -3.74. The molecule has 0 saturated carbocycles. The molecule has 2 aromatic carbocycles. The van der Waals surface area contributed by atoms with Gasteiger partial charge in [-0.25, -0.2) is 0 Å². The number of sulfonamides is 1. The van der Waals surface area contributed by atoms with Crippen LogP contribution in [-0.4, -0.2) is 50.6 Å². The number of benzene rings is 2. The number of likely N-dealkylation sites (tertiary alicyclic amines) is 1. The topological polar surface area (TPSA) is 99.2 Å². The van der Waals surface area contributed by atoms with Gasteiger partial charge >= 0.3 is 0 Å². The average Bonchev–Trinajstić information content (AvgIpc) is 3.31. The van der Waals surface area contributed by atoms with E-state index in [2.05, 4.69) is 9.71 Å². The third kappa shape index (κ3) is 3.56. The van der Waals surface area contributed by atoms with Crippen molar-refractivity contribution in [3.8, 4) is 0 Å². The lowest BCUT2D eigenvalue weighted by atomic mass is 10.1. The van der Waals surface area contributed by atoms with Gasteiger partial charge in [-0.05, 0) is 49.2 Å². The second-order valence-electron chi connectivity index (χ2n) is 7.35. The van der Waals surface area contributed by atoms with Crippen LogP contribution in [0.15, 0.2) is 57.8 Å². The number of rotatable bonds is 3. The van der Waals surface area contributed by atoms with Gasteiger partial charge in [0.15, 0.2) is 5.84 Å². The minimum Gasteiger partial charge on any atom is -0.343 e. The van der Waals surface area contributed by atoms with E-state index in [9.17, 15) is 18.0 Å². The Morgan fingerprint density at radius 2 is 1.83 bits per heavy atom. The molecule has 1 saturated heterocycles. The van der Waals surface area contributed by atoms with Gasteiger partial charge < -0.3 is 15.1 Å². The first kappa shape index (κ1) is 20.1. The molecule has 0 spiro atoms. The second-order valence-corrected chi connectivity index (χ2v) is 8.92. The fraction of sp³-hybridized carbons (Fsp3) is 0.286. The number of carbonyl (C=O) groups is 2. The van der Waals surface area contributed by atoms with Crippen LogP contribution in [-0.2, 0) is 19.6 Å². The monoisotopic (exact) mass is 426 g/mol. The van der Waals surface area contributed by atoms with Crippen LogP contribution in [0.3, 0.4) is 0 Å². The van der Waals surface area contributed by atoms with Crippen molar-refractivity contribution < 1.29 is 18.0 Å². The number of nitrogens with zero attached hydrogens (tertiary/aromatic N) is 3. The number of amidine groups is 1. The molecule has 2 aromatic rings. The standard InChI is InChI=1S/C21H22N4O4S/c1-14(26)24(2)16-11-9-15(10-12-16)22-21(27)18-7-5-13-25(18)20-17-6-3-4-8-19(17)30(28,29)23-20/h3-4,6,8-12,18H,5,7,13H2,1-2H3,(H,22,27)/t18-/m0/s1. The van der Waals surface area contributed by atoms with Gasteiger partial charge in [0.05, 0.1) is 0 Å². The van der Waals surface area contributed by atoms with Gasteiger partial charge in [-0.15, -0.1) is 4.40 Å². The van der Waals surface area contributed by atoms with Crippen molar-refractivity contribution in [2.75, 3.05) is 23.8 Å². The maximum atomic E-state index is 13.0. The van der Waals surface area contributed by atoms with Crippen LogP contribution in [0.1, 0.15) is 25.3 Å². The van der Waals surface area contributed by atoms with Gasteiger partial charge in [-0.3, -0.25) is 9.59 Å². The van der Waals surface area contributed by atoms with Crippen LogP contribution in [0.2, 0.25) is 0 Å². The molecule has 2 amide bonds. The lowest BCUT2D eigenvalue weighted by Gasteiger charge is -2.25. The Hall–Kier alpha value is -3.20. The van der Waals surface area contributed by atoms with Crippen molar-refractivity contribution in [2.24, 2.45) is 4.40 Å². The maximum absolute atomic E-state index is 13.0. The van der Waals surface area contributed by atoms with Crippen LogP contribution >= 0.6 is 0 Å². The highest BCUT2D eigenvalue weighted by Gasteiger charge is 2.39. The molecule has 156 valence electrons. The van der Waals surface area contributed by atoms with Crippen LogP contribution in [0.4, 0.5) is 11.4 Å².